The molecule has 0 aromatic heterocycles. The zero-order valence-corrected chi connectivity index (χ0v) is 17.1. The highest BCUT2D eigenvalue weighted by Crippen LogP contribution is 2.62. The van der Waals surface area contributed by atoms with E-state index in [0.29, 0.717) is 17.7 Å². The third-order valence-corrected chi connectivity index (χ3v) is 7.28. The average molecular weight is 423 g/mol. The van der Waals surface area contributed by atoms with Crippen LogP contribution >= 0.6 is 0 Å². The van der Waals surface area contributed by atoms with Gasteiger partial charge in [0, 0.05) is 22.9 Å². The molecule has 162 valence electrons. The van der Waals surface area contributed by atoms with Gasteiger partial charge < -0.3 is 30.1 Å². The lowest BCUT2D eigenvalue weighted by Gasteiger charge is -2.56. The Bertz CT molecular complexity index is 1080. The van der Waals surface area contributed by atoms with Crippen molar-refractivity contribution in [3.63, 3.8) is 0 Å². The van der Waals surface area contributed by atoms with Crippen LogP contribution in [0.3, 0.4) is 0 Å². The fourth-order valence-electron chi connectivity index (χ4n) is 5.89. The highest BCUT2D eigenvalue weighted by atomic mass is 16.5. The minimum Gasteiger partial charge on any atom is -0.507 e. The number of hydrogen-bond acceptors (Lipinski definition) is 6. The summed E-state index contributed by atoms with van der Waals surface area (Å²) in [6.07, 6.45) is 5.18. The Morgan fingerprint density at radius 1 is 1.13 bits per heavy atom. The summed E-state index contributed by atoms with van der Waals surface area (Å²) >= 11 is 0. The molecule has 2 aliphatic heterocycles. The number of nitrogens with zero attached hydrogens (tertiary/aromatic N) is 1. The van der Waals surface area contributed by atoms with E-state index < -0.39 is 12.1 Å². The first-order chi connectivity index (χ1) is 14.8. The summed E-state index contributed by atoms with van der Waals surface area (Å²) in [5.74, 6) is -0.123. The first kappa shape index (κ1) is 19.9. The van der Waals surface area contributed by atoms with Crippen molar-refractivity contribution in [3.05, 3.63) is 65.2 Å². The maximum Gasteiger partial charge on any atom is 0.339 e. The smallest absolute Gasteiger partial charge is 0.339 e. The molecule has 1 fully saturated rings. The van der Waals surface area contributed by atoms with Crippen molar-refractivity contribution in [3.8, 4) is 17.2 Å². The second-order valence-corrected chi connectivity index (χ2v) is 8.75. The van der Waals surface area contributed by atoms with E-state index in [1.807, 2.05) is 12.1 Å². The van der Waals surface area contributed by atoms with Gasteiger partial charge in [0.15, 0.2) is 11.5 Å². The summed E-state index contributed by atoms with van der Waals surface area (Å²) in [6, 6.07) is 10.0. The quantitative estimate of drug-likeness (QED) is 0.521. The summed E-state index contributed by atoms with van der Waals surface area (Å²) in [4.78, 5) is 12.7. The minimum absolute atomic E-state index is 0.0671. The Balaban J connectivity index is 0.000000174. The molecule has 4 aliphatic rings. The summed E-state index contributed by atoms with van der Waals surface area (Å²) in [5, 5.41) is 38.0. The van der Waals surface area contributed by atoms with Crippen LogP contribution in [0.5, 0.6) is 17.2 Å². The number of carboxylic acid groups (broad SMARTS) is 1. The van der Waals surface area contributed by atoms with Crippen LogP contribution in [0.1, 0.15) is 27.9 Å². The van der Waals surface area contributed by atoms with Gasteiger partial charge >= 0.3 is 5.97 Å². The fourth-order valence-corrected chi connectivity index (χ4v) is 5.89. The summed E-state index contributed by atoms with van der Waals surface area (Å²) in [5.41, 5.74) is 2.22. The molecule has 4 N–H and O–H groups in total. The molecule has 0 unspecified atom stereocenters. The molecule has 0 saturated carbocycles. The van der Waals surface area contributed by atoms with Gasteiger partial charge in [0.2, 0.25) is 0 Å². The number of phenols is 2. The molecule has 7 heteroatoms. The topological polar surface area (TPSA) is 110 Å². The van der Waals surface area contributed by atoms with Crippen LogP contribution in [-0.4, -0.2) is 63.1 Å². The number of aliphatic hydroxyl groups excluding tert-OH is 1. The second-order valence-electron chi connectivity index (χ2n) is 8.75. The van der Waals surface area contributed by atoms with Crippen molar-refractivity contribution in [1.82, 2.24) is 4.90 Å². The fraction of sp³-hybridized carbons (Fsp3) is 0.375. The lowest BCUT2D eigenvalue weighted by Crippen LogP contribution is -2.64. The first-order valence-corrected chi connectivity index (χ1v) is 10.4. The number of aromatic carboxylic acids is 1. The van der Waals surface area contributed by atoms with Crippen molar-refractivity contribution in [1.29, 1.82) is 0 Å². The zero-order valence-electron chi connectivity index (χ0n) is 17.1. The van der Waals surface area contributed by atoms with Gasteiger partial charge in [-0.1, -0.05) is 30.4 Å². The molecular formula is C24H25NO6. The third kappa shape index (κ3) is 2.77. The molecule has 31 heavy (non-hydrogen) atoms. The van der Waals surface area contributed by atoms with Gasteiger partial charge in [0.05, 0.1) is 0 Å². The molecule has 5 atom stereocenters. The standard InChI is InChI=1S/C17H19NO3.C7H6O3/c1-18-7-6-17-10-3-5-13(20)16(17)21-15-12(19)4-2-9(14(15)17)8-11(10)18;8-6-4-2-1-3-5(6)7(9)10/h2-5,10-11,13,16,19-20H,6-8H2,1H3;1-4,8H,(H,9,10)/t10-,11+,13-,16-,17-;/m0./s1. The molecule has 2 bridgehead atoms. The second kappa shape index (κ2) is 7.00. The Labute approximate surface area is 179 Å². The number of carbonyl (C=O) groups is 1. The highest BCUT2D eigenvalue weighted by molar-refractivity contribution is 5.90. The van der Waals surface area contributed by atoms with Gasteiger partial charge in [-0.15, -0.1) is 0 Å². The molecule has 2 aliphatic carbocycles. The number of carboxylic acids is 1. The number of para-hydroxylation sites is 1. The number of aromatic hydroxyl groups is 2. The molecule has 7 nitrogen and oxygen atoms in total. The molecule has 1 saturated heterocycles. The van der Waals surface area contributed by atoms with Crippen LogP contribution in [0, 0.1) is 5.92 Å². The number of rotatable bonds is 1. The predicted octanol–water partition coefficient (Wildman–Crippen LogP) is 2.29. The van der Waals surface area contributed by atoms with E-state index in [1.54, 1.807) is 18.2 Å². The Kier molecular flexibility index (Phi) is 4.50. The molecule has 0 amide bonds. The lowest BCUT2D eigenvalue weighted by molar-refractivity contribution is -0.0453. The van der Waals surface area contributed by atoms with Gasteiger partial charge in [0.25, 0.3) is 0 Å². The van der Waals surface area contributed by atoms with E-state index in [-0.39, 0.29) is 28.6 Å². The van der Waals surface area contributed by atoms with Crippen LogP contribution in [0.4, 0.5) is 0 Å². The van der Waals surface area contributed by atoms with E-state index in [9.17, 15) is 15.0 Å². The number of ether oxygens (including phenoxy) is 1. The summed E-state index contributed by atoms with van der Waals surface area (Å²) in [7, 11) is 2.19. The molecule has 1 spiro atoms. The van der Waals surface area contributed by atoms with Crippen molar-refractivity contribution in [2.45, 2.75) is 36.5 Å². The Morgan fingerprint density at radius 3 is 2.61 bits per heavy atom. The summed E-state index contributed by atoms with van der Waals surface area (Å²) in [6.45, 7) is 1.01. The number of hydrogen-bond donors (Lipinski definition) is 4. The highest BCUT2D eigenvalue weighted by Gasteiger charge is 2.64. The Morgan fingerprint density at radius 2 is 1.90 bits per heavy atom. The SMILES string of the molecule is CN1CC[C@]23c4c5ccc(O)c4O[C@H]2[C@@H](O)C=C[C@H]3[C@H]1C5.O=C(O)c1ccccc1O. The maximum absolute atomic E-state index is 10.4. The van der Waals surface area contributed by atoms with Crippen LogP contribution in [0.15, 0.2) is 48.6 Å². The average Bonchev–Trinajstić information content (AvgIpc) is 3.10. The number of aliphatic hydroxyl groups is 1. The first-order valence-electron chi connectivity index (χ1n) is 10.4. The number of likely N-dealkylation sites (N-methyl/N-ethyl adjacent to an activating group) is 1. The van der Waals surface area contributed by atoms with Crippen molar-refractivity contribution < 1.29 is 30.0 Å². The molecule has 2 aromatic carbocycles. The number of benzene rings is 2. The third-order valence-electron chi connectivity index (χ3n) is 7.28. The molecule has 6 rings (SSSR count). The number of likely N-dealkylation sites (tertiary alicyclic amines) is 1. The zero-order chi connectivity index (χ0) is 21.9. The molecule has 0 radical (unpaired) electrons. The van der Waals surface area contributed by atoms with E-state index in [4.69, 9.17) is 14.9 Å². The Hall–Kier alpha value is -3.03. The van der Waals surface area contributed by atoms with Gasteiger partial charge in [0.1, 0.15) is 23.5 Å². The van der Waals surface area contributed by atoms with Crippen LogP contribution < -0.4 is 4.74 Å². The summed E-state index contributed by atoms with van der Waals surface area (Å²) < 4.78 is 6.09. The van der Waals surface area contributed by atoms with Crippen molar-refractivity contribution >= 4 is 5.97 Å². The normalized spacial score (nSPS) is 31.8. The molecule has 2 aromatic rings. The number of phenolic OH excluding ortho intramolecular Hbond substituents is 1. The maximum atomic E-state index is 10.4. The molecule has 2 heterocycles. The van der Waals surface area contributed by atoms with Crippen molar-refractivity contribution in [2.75, 3.05) is 13.6 Å². The monoisotopic (exact) mass is 423 g/mol. The largest absolute Gasteiger partial charge is 0.507 e. The van der Waals surface area contributed by atoms with Gasteiger partial charge in [-0.3, -0.25) is 0 Å². The number of piperidine rings is 1. The lowest BCUT2D eigenvalue weighted by atomic mass is 9.53. The van der Waals surface area contributed by atoms with Gasteiger partial charge in [-0.2, -0.15) is 0 Å². The van der Waals surface area contributed by atoms with Gasteiger partial charge in [-0.05, 0) is 50.2 Å². The van der Waals surface area contributed by atoms with Crippen LogP contribution in [0.25, 0.3) is 0 Å². The predicted molar refractivity (Wildman–Crippen MR) is 113 cm³/mol. The van der Waals surface area contributed by atoms with E-state index in [2.05, 4.69) is 18.0 Å². The van der Waals surface area contributed by atoms with E-state index in [1.165, 1.54) is 23.3 Å². The van der Waals surface area contributed by atoms with Crippen LogP contribution in [0.2, 0.25) is 0 Å². The van der Waals surface area contributed by atoms with E-state index >= 15 is 0 Å². The van der Waals surface area contributed by atoms with Gasteiger partial charge in [-0.25, -0.2) is 4.79 Å². The minimum atomic E-state index is -1.11. The van der Waals surface area contributed by atoms with Crippen molar-refractivity contribution in [2.24, 2.45) is 5.92 Å². The van der Waals surface area contributed by atoms with E-state index in [0.717, 1.165) is 19.4 Å². The molecular weight excluding hydrogens is 398 g/mol. The van der Waals surface area contributed by atoms with Crippen LogP contribution in [-0.2, 0) is 11.8 Å².